The van der Waals surface area contributed by atoms with Gasteiger partial charge in [0.2, 0.25) is 0 Å². The molecule has 0 aliphatic heterocycles. The standard InChI is InChI=1S/C13H25N3/c1-12(2,3)16-11(14)15-9-13-6-4-10(8-13)5-7-13/h10H,4-9H2,1-3H3,(H3,14,15,16). The van der Waals surface area contributed by atoms with E-state index in [0.29, 0.717) is 11.4 Å². The molecule has 0 heterocycles. The number of hydrogen-bond donors (Lipinski definition) is 2. The van der Waals surface area contributed by atoms with Crippen LogP contribution in [0.3, 0.4) is 0 Å². The maximum Gasteiger partial charge on any atom is 0.189 e. The molecule has 2 bridgehead atoms. The van der Waals surface area contributed by atoms with E-state index in [9.17, 15) is 0 Å². The predicted octanol–water partition coefficient (Wildman–Crippen LogP) is 2.27. The molecule has 0 amide bonds. The molecule has 2 fully saturated rings. The number of rotatable bonds is 2. The van der Waals surface area contributed by atoms with Gasteiger partial charge >= 0.3 is 0 Å². The van der Waals surface area contributed by atoms with Crippen LogP contribution >= 0.6 is 0 Å². The minimum Gasteiger partial charge on any atom is -0.370 e. The van der Waals surface area contributed by atoms with Crippen LogP contribution in [0, 0.1) is 11.3 Å². The van der Waals surface area contributed by atoms with Crippen LogP contribution in [0.25, 0.3) is 0 Å². The SMILES string of the molecule is CC(C)(C)NC(N)=NCC12CCC(CC1)C2. The van der Waals surface area contributed by atoms with Gasteiger partial charge < -0.3 is 11.1 Å². The van der Waals surface area contributed by atoms with E-state index >= 15 is 0 Å². The summed E-state index contributed by atoms with van der Waals surface area (Å²) in [6.45, 7) is 7.25. The van der Waals surface area contributed by atoms with E-state index in [1.807, 2.05) is 0 Å². The van der Waals surface area contributed by atoms with Gasteiger partial charge in [-0.2, -0.15) is 0 Å². The van der Waals surface area contributed by atoms with E-state index in [-0.39, 0.29) is 5.54 Å². The highest BCUT2D eigenvalue weighted by Crippen LogP contribution is 2.54. The Bertz CT molecular complexity index is 280. The highest BCUT2D eigenvalue weighted by atomic mass is 15.1. The Morgan fingerprint density at radius 2 is 2.00 bits per heavy atom. The van der Waals surface area contributed by atoms with E-state index < -0.39 is 0 Å². The van der Waals surface area contributed by atoms with Gasteiger partial charge in [0.05, 0.1) is 0 Å². The van der Waals surface area contributed by atoms with Gasteiger partial charge in [0, 0.05) is 12.1 Å². The molecule has 0 unspecified atom stereocenters. The third-order valence-corrected chi connectivity index (χ3v) is 3.98. The van der Waals surface area contributed by atoms with Crippen LogP contribution in [0.1, 0.15) is 52.9 Å². The van der Waals surface area contributed by atoms with Crippen molar-refractivity contribution in [2.24, 2.45) is 22.1 Å². The number of nitrogens with one attached hydrogen (secondary N) is 1. The predicted molar refractivity (Wildman–Crippen MR) is 68.4 cm³/mol. The molecule has 2 aliphatic rings. The number of aliphatic imine (C=N–C) groups is 1. The minimum absolute atomic E-state index is 0.0130. The third-order valence-electron chi connectivity index (χ3n) is 3.98. The zero-order valence-corrected chi connectivity index (χ0v) is 10.8. The van der Waals surface area contributed by atoms with Crippen LogP contribution in [0.4, 0.5) is 0 Å². The van der Waals surface area contributed by atoms with Crippen LogP contribution in [0.2, 0.25) is 0 Å². The smallest absolute Gasteiger partial charge is 0.189 e. The van der Waals surface area contributed by atoms with Crippen LogP contribution in [-0.4, -0.2) is 18.0 Å². The van der Waals surface area contributed by atoms with Crippen molar-refractivity contribution in [3.8, 4) is 0 Å². The van der Waals surface area contributed by atoms with Crippen LogP contribution in [0.5, 0.6) is 0 Å². The van der Waals surface area contributed by atoms with Crippen LogP contribution in [0.15, 0.2) is 4.99 Å². The Kier molecular flexibility index (Phi) is 2.89. The molecule has 0 spiro atoms. The summed E-state index contributed by atoms with van der Waals surface area (Å²) < 4.78 is 0. The molecule has 0 aromatic carbocycles. The molecular weight excluding hydrogens is 198 g/mol. The highest BCUT2D eigenvalue weighted by Gasteiger charge is 2.44. The molecule has 2 saturated carbocycles. The maximum atomic E-state index is 5.90. The van der Waals surface area contributed by atoms with Crippen molar-refractivity contribution in [2.45, 2.75) is 58.4 Å². The lowest BCUT2D eigenvalue weighted by atomic mass is 9.84. The van der Waals surface area contributed by atoms with E-state index in [2.05, 4.69) is 31.1 Å². The van der Waals surface area contributed by atoms with Crippen molar-refractivity contribution >= 4 is 5.96 Å². The molecule has 2 rings (SSSR count). The second kappa shape index (κ2) is 3.94. The summed E-state index contributed by atoms with van der Waals surface area (Å²) in [5, 5.41) is 3.23. The largest absolute Gasteiger partial charge is 0.370 e. The molecule has 3 N–H and O–H groups in total. The molecule has 3 heteroatoms. The van der Waals surface area contributed by atoms with Crippen molar-refractivity contribution in [3.05, 3.63) is 0 Å². The fourth-order valence-electron chi connectivity index (χ4n) is 3.21. The lowest BCUT2D eigenvalue weighted by Crippen LogP contribution is -2.45. The van der Waals surface area contributed by atoms with Gasteiger partial charge in [0.25, 0.3) is 0 Å². The molecule has 0 aromatic rings. The molecule has 0 atom stereocenters. The Hall–Kier alpha value is -0.730. The van der Waals surface area contributed by atoms with E-state index in [4.69, 9.17) is 5.73 Å². The summed E-state index contributed by atoms with van der Waals surface area (Å²) in [6.07, 6.45) is 6.96. The summed E-state index contributed by atoms with van der Waals surface area (Å²) in [5.41, 5.74) is 6.43. The molecule has 0 aromatic heterocycles. The first-order valence-electron chi connectivity index (χ1n) is 6.47. The van der Waals surface area contributed by atoms with E-state index in [1.165, 1.54) is 32.1 Å². The number of nitrogens with zero attached hydrogens (tertiary/aromatic N) is 1. The molecular formula is C13H25N3. The van der Waals surface area contributed by atoms with E-state index in [0.717, 1.165) is 12.5 Å². The number of hydrogen-bond acceptors (Lipinski definition) is 1. The van der Waals surface area contributed by atoms with Crippen molar-refractivity contribution in [1.82, 2.24) is 5.32 Å². The Morgan fingerprint density at radius 3 is 2.44 bits per heavy atom. The van der Waals surface area contributed by atoms with Crippen LogP contribution < -0.4 is 11.1 Å². The van der Waals surface area contributed by atoms with Gasteiger partial charge in [0.1, 0.15) is 0 Å². The first kappa shape index (κ1) is 11.7. The quantitative estimate of drug-likeness (QED) is 0.557. The molecule has 2 aliphatic carbocycles. The monoisotopic (exact) mass is 223 g/mol. The first-order valence-corrected chi connectivity index (χ1v) is 6.47. The highest BCUT2D eigenvalue weighted by molar-refractivity contribution is 5.78. The van der Waals surface area contributed by atoms with Crippen molar-refractivity contribution < 1.29 is 0 Å². The van der Waals surface area contributed by atoms with Gasteiger partial charge in [-0.25, -0.2) is 0 Å². The first-order chi connectivity index (χ1) is 7.39. The second-order valence-corrected chi connectivity index (χ2v) is 6.72. The molecule has 16 heavy (non-hydrogen) atoms. The molecule has 0 saturated heterocycles. The Morgan fingerprint density at radius 1 is 1.38 bits per heavy atom. The maximum absolute atomic E-state index is 5.90. The zero-order chi connectivity index (χ0) is 11.8. The Labute approximate surface area is 98.9 Å². The second-order valence-electron chi connectivity index (χ2n) is 6.72. The van der Waals surface area contributed by atoms with Gasteiger partial charge in [-0.1, -0.05) is 0 Å². The summed E-state index contributed by atoms with van der Waals surface area (Å²) in [7, 11) is 0. The fourth-order valence-corrected chi connectivity index (χ4v) is 3.21. The zero-order valence-electron chi connectivity index (χ0n) is 10.8. The third kappa shape index (κ3) is 2.69. The molecule has 0 radical (unpaired) electrons. The van der Waals surface area contributed by atoms with Crippen LogP contribution in [-0.2, 0) is 0 Å². The van der Waals surface area contributed by atoms with Crippen molar-refractivity contribution in [3.63, 3.8) is 0 Å². The minimum atomic E-state index is 0.0130. The van der Waals surface area contributed by atoms with Crippen molar-refractivity contribution in [1.29, 1.82) is 0 Å². The summed E-state index contributed by atoms with van der Waals surface area (Å²) >= 11 is 0. The average molecular weight is 223 g/mol. The van der Waals surface area contributed by atoms with Gasteiger partial charge in [-0.3, -0.25) is 4.99 Å². The Balaban J connectivity index is 1.88. The lowest BCUT2D eigenvalue weighted by Gasteiger charge is -2.26. The average Bonchev–Trinajstić information content (AvgIpc) is 2.72. The normalized spacial score (nSPS) is 34.4. The lowest BCUT2D eigenvalue weighted by molar-refractivity contribution is 0.307. The summed E-state index contributed by atoms with van der Waals surface area (Å²) in [6, 6.07) is 0. The fraction of sp³-hybridized carbons (Fsp3) is 0.923. The summed E-state index contributed by atoms with van der Waals surface area (Å²) in [4.78, 5) is 4.54. The number of nitrogens with two attached hydrogens (primary N) is 1. The van der Waals surface area contributed by atoms with E-state index in [1.54, 1.807) is 0 Å². The molecule has 92 valence electrons. The molecule has 3 nitrogen and oxygen atoms in total. The number of fused-ring (bicyclic) bond motifs is 2. The van der Waals surface area contributed by atoms with Crippen molar-refractivity contribution in [2.75, 3.05) is 6.54 Å². The van der Waals surface area contributed by atoms with Gasteiger partial charge in [0.15, 0.2) is 5.96 Å². The summed E-state index contributed by atoms with van der Waals surface area (Å²) in [5.74, 6) is 1.60. The van der Waals surface area contributed by atoms with Gasteiger partial charge in [-0.05, 0) is 64.2 Å². The number of guanidine groups is 1. The topological polar surface area (TPSA) is 50.4 Å². The van der Waals surface area contributed by atoms with Gasteiger partial charge in [-0.15, -0.1) is 0 Å².